The Labute approximate surface area is 94.1 Å². The average Bonchev–Trinajstić information content (AvgIpc) is 2.28. The Morgan fingerprint density at radius 1 is 1.13 bits per heavy atom. The predicted molar refractivity (Wildman–Crippen MR) is 65.7 cm³/mol. The zero-order valence-corrected chi connectivity index (χ0v) is 11.2. The topological polar surface area (TPSA) is 18.8 Å². The highest BCUT2D eigenvalue weighted by molar-refractivity contribution is 5.58. The predicted octanol–water partition coefficient (Wildman–Crippen LogP) is 2.74. The van der Waals surface area contributed by atoms with Crippen LogP contribution in [-0.2, 0) is 0 Å². The van der Waals surface area contributed by atoms with Gasteiger partial charge in [0.05, 0.1) is 0 Å². The fraction of sp³-hybridized carbons (Fsp3) is 0.917. The third-order valence-corrected chi connectivity index (χ3v) is 2.68. The van der Waals surface area contributed by atoms with Crippen LogP contribution in [0.15, 0.2) is 5.10 Å². The number of hydrazone groups is 1. The van der Waals surface area contributed by atoms with Gasteiger partial charge < -0.3 is 4.90 Å². The van der Waals surface area contributed by atoms with Gasteiger partial charge in [0.2, 0.25) is 0 Å². The first-order chi connectivity index (χ1) is 6.61. The molecular weight excluding hydrogens is 186 g/mol. The third kappa shape index (κ3) is 3.11. The molecule has 0 radical (unpaired) electrons. The first-order valence-corrected chi connectivity index (χ1v) is 5.67. The van der Waals surface area contributed by atoms with E-state index < -0.39 is 0 Å². The molecule has 0 aliphatic carbocycles. The first-order valence-electron chi connectivity index (χ1n) is 5.67. The molecule has 1 rings (SSSR count). The van der Waals surface area contributed by atoms with E-state index in [1.807, 2.05) is 6.34 Å². The van der Waals surface area contributed by atoms with Crippen molar-refractivity contribution >= 4 is 6.34 Å². The molecular formula is C12H25N3. The molecule has 88 valence electrons. The van der Waals surface area contributed by atoms with Gasteiger partial charge in [-0.1, -0.05) is 20.8 Å². The Morgan fingerprint density at radius 3 is 2.07 bits per heavy atom. The lowest BCUT2D eigenvalue weighted by atomic mass is 9.89. The van der Waals surface area contributed by atoms with Crippen molar-refractivity contribution in [2.45, 2.75) is 59.7 Å². The van der Waals surface area contributed by atoms with E-state index in [9.17, 15) is 0 Å². The van der Waals surface area contributed by atoms with Crippen LogP contribution >= 0.6 is 0 Å². The Kier molecular flexibility index (Phi) is 3.04. The van der Waals surface area contributed by atoms with Crippen molar-refractivity contribution in [3.05, 3.63) is 0 Å². The molecule has 0 saturated heterocycles. The van der Waals surface area contributed by atoms with E-state index in [2.05, 4.69) is 63.6 Å². The van der Waals surface area contributed by atoms with Crippen molar-refractivity contribution in [2.24, 2.45) is 10.5 Å². The molecule has 0 amide bonds. The van der Waals surface area contributed by atoms with Crippen LogP contribution in [0.1, 0.15) is 48.0 Å². The zero-order valence-electron chi connectivity index (χ0n) is 11.2. The van der Waals surface area contributed by atoms with Gasteiger partial charge in [0.25, 0.3) is 0 Å². The summed E-state index contributed by atoms with van der Waals surface area (Å²) in [5, 5.41) is 6.45. The summed E-state index contributed by atoms with van der Waals surface area (Å²) < 4.78 is 0. The molecule has 1 unspecified atom stereocenters. The summed E-state index contributed by atoms with van der Waals surface area (Å²) >= 11 is 0. The van der Waals surface area contributed by atoms with E-state index >= 15 is 0 Å². The Morgan fingerprint density at radius 2 is 1.67 bits per heavy atom. The van der Waals surface area contributed by atoms with Crippen LogP contribution in [0, 0.1) is 5.41 Å². The first kappa shape index (κ1) is 12.3. The molecule has 1 atom stereocenters. The maximum absolute atomic E-state index is 4.38. The van der Waals surface area contributed by atoms with Crippen LogP contribution < -0.4 is 0 Å². The quantitative estimate of drug-likeness (QED) is 0.664. The second-order valence-corrected chi connectivity index (χ2v) is 6.63. The summed E-state index contributed by atoms with van der Waals surface area (Å²) in [4.78, 5) is 2.35. The molecule has 0 aromatic rings. The fourth-order valence-corrected chi connectivity index (χ4v) is 1.87. The normalized spacial score (nSPS) is 22.7. The molecule has 0 N–H and O–H groups in total. The highest BCUT2D eigenvalue weighted by Gasteiger charge is 2.35. The smallest absolute Gasteiger partial charge is 0.119 e. The monoisotopic (exact) mass is 211 g/mol. The summed E-state index contributed by atoms with van der Waals surface area (Å²) in [7, 11) is 2.05. The van der Waals surface area contributed by atoms with Gasteiger partial charge in [0, 0.05) is 12.6 Å². The molecule has 0 saturated carbocycles. The van der Waals surface area contributed by atoms with Crippen molar-refractivity contribution in [2.75, 3.05) is 7.05 Å². The lowest BCUT2D eigenvalue weighted by molar-refractivity contribution is 0.0606. The van der Waals surface area contributed by atoms with Crippen LogP contribution in [0.25, 0.3) is 0 Å². The van der Waals surface area contributed by atoms with Crippen molar-refractivity contribution in [1.29, 1.82) is 0 Å². The highest BCUT2D eigenvalue weighted by atomic mass is 15.6. The van der Waals surface area contributed by atoms with Gasteiger partial charge >= 0.3 is 0 Å². The zero-order chi connectivity index (χ0) is 11.9. The Hall–Kier alpha value is -0.730. The Balaban J connectivity index is 2.77. The molecule has 1 heterocycles. The second-order valence-electron chi connectivity index (χ2n) is 6.63. The molecule has 0 aromatic heterocycles. The molecule has 3 nitrogen and oxygen atoms in total. The van der Waals surface area contributed by atoms with Gasteiger partial charge in [-0.2, -0.15) is 5.10 Å². The average molecular weight is 211 g/mol. The van der Waals surface area contributed by atoms with Gasteiger partial charge in [-0.15, -0.1) is 0 Å². The Bertz CT molecular complexity index is 245. The van der Waals surface area contributed by atoms with Crippen LogP contribution in [0.5, 0.6) is 0 Å². The molecule has 15 heavy (non-hydrogen) atoms. The van der Waals surface area contributed by atoms with E-state index in [0.29, 0.717) is 11.6 Å². The maximum atomic E-state index is 4.38. The third-order valence-electron chi connectivity index (χ3n) is 2.68. The molecule has 3 heteroatoms. The van der Waals surface area contributed by atoms with E-state index in [-0.39, 0.29) is 5.54 Å². The van der Waals surface area contributed by atoms with Crippen LogP contribution in [0.2, 0.25) is 0 Å². The molecule has 0 fully saturated rings. The standard InChI is InChI=1S/C12H25N3/c1-11(2,3)8-10-14(7)13-9-15(10)12(4,5)6/h9-10H,8H2,1-7H3. The SMILES string of the molecule is CN1N=CN(C(C)(C)C)C1CC(C)(C)C. The molecule has 1 aliphatic rings. The summed E-state index contributed by atoms with van der Waals surface area (Å²) in [6.07, 6.45) is 3.49. The van der Waals surface area contributed by atoms with Crippen LogP contribution in [-0.4, -0.2) is 35.0 Å². The van der Waals surface area contributed by atoms with Gasteiger partial charge in [-0.3, -0.25) is 5.01 Å². The van der Waals surface area contributed by atoms with Gasteiger partial charge in [-0.25, -0.2) is 0 Å². The minimum atomic E-state index is 0.143. The van der Waals surface area contributed by atoms with E-state index in [0.717, 1.165) is 6.42 Å². The van der Waals surface area contributed by atoms with Gasteiger partial charge in [-0.05, 0) is 32.6 Å². The molecule has 0 bridgehead atoms. The number of hydrogen-bond donors (Lipinski definition) is 0. The molecule has 1 aliphatic heterocycles. The van der Waals surface area contributed by atoms with E-state index in [1.165, 1.54) is 0 Å². The van der Waals surface area contributed by atoms with Gasteiger partial charge in [0.15, 0.2) is 0 Å². The summed E-state index contributed by atoms with van der Waals surface area (Å²) in [6, 6.07) is 0. The number of nitrogens with zero attached hydrogens (tertiary/aromatic N) is 3. The minimum absolute atomic E-state index is 0.143. The lowest BCUT2D eigenvalue weighted by Crippen LogP contribution is -2.49. The van der Waals surface area contributed by atoms with Crippen molar-refractivity contribution in [3.63, 3.8) is 0 Å². The maximum Gasteiger partial charge on any atom is 0.119 e. The van der Waals surface area contributed by atoms with Crippen LogP contribution in [0.4, 0.5) is 0 Å². The summed E-state index contributed by atoms with van der Waals surface area (Å²) in [5.74, 6) is 0. The van der Waals surface area contributed by atoms with Crippen molar-refractivity contribution in [1.82, 2.24) is 9.91 Å². The van der Waals surface area contributed by atoms with E-state index in [1.54, 1.807) is 0 Å². The number of hydrogen-bond acceptors (Lipinski definition) is 3. The van der Waals surface area contributed by atoms with Gasteiger partial charge in [0.1, 0.15) is 12.5 Å². The summed E-state index contributed by atoms with van der Waals surface area (Å²) in [6.45, 7) is 13.5. The van der Waals surface area contributed by atoms with Crippen LogP contribution in [0.3, 0.4) is 0 Å². The number of rotatable bonds is 1. The van der Waals surface area contributed by atoms with Crippen molar-refractivity contribution in [3.8, 4) is 0 Å². The highest BCUT2D eigenvalue weighted by Crippen LogP contribution is 2.30. The molecule has 0 aromatic carbocycles. The lowest BCUT2D eigenvalue weighted by Gasteiger charge is -2.40. The van der Waals surface area contributed by atoms with E-state index in [4.69, 9.17) is 0 Å². The largest absolute Gasteiger partial charge is 0.335 e. The van der Waals surface area contributed by atoms with Crippen molar-refractivity contribution < 1.29 is 0 Å². The minimum Gasteiger partial charge on any atom is -0.335 e. The fourth-order valence-electron chi connectivity index (χ4n) is 1.87. The summed E-state index contributed by atoms with van der Waals surface area (Å²) in [5.41, 5.74) is 0.473. The second kappa shape index (κ2) is 3.69. The molecule has 0 spiro atoms.